The third-order valence-electron chi connectivity index (χ3n) is 12.5. The average Bonchev–Trinajstić information content (AvgIpc) is 4.20. The summed E-state index contributed by atoms with van der Waals surface area (Å²) >= 11 is 0. The van der Waals surface area contributed by atoms with E-state index in [4.69, 9.17) is 20.2 Å². The van der Waals surface area contributed by atoms with Gasteiger partial charge in [-0.15, -0.1) is 0 Å². The second-order valence-corrected chi connectivity index (χ2v) is 16.5. The normalized spacial score (nSPS) is 16.1. The first-order valence-corrected chi connectivity index (χ1v) is 21.8. The quantitative estimate of drug-likeness (QED) is 0.152. The molecule has 2 aliphatic rings. The fraction of sp³-hybridized carbons (Fsp3) is 0.0714. The number of nitrogens with one attached hydrogen (secondary N) is 2. The number of hydrogen-bond acceptors (Lipinski definition) is 6. The van der Waals surface area contributed by atoms with E-state index < -0.39 is 0 Å². The number of fused-ring (bicyclic) bond motifs is 2. The molecule has 8 nitrogen and oxygen atoms in total. The smallest absolute Gasteiger partial charge is 0.138 e. The van der Waals surface area contributed by atoms with Crippen molar-refractivity contribution in [3.63, 3.8) is 0 Å². The van der Waals surface area contributed by atoms with Gasteiger partial charge in [-0.25, -0.2) is 9.97 Å². The molecule has 0 saturated heterocycles. The van der Waals surface area contributed by atoms with E-state index in [1.54, 1.807) is 0 Å². The molecule has 0 bridgehead atoms. The van der Waals surface area contributed by atoms with E-state index >= 15 is 0 Å². The Labute approximate surface area is 370 Å². The van der Waals surface area contributed by atoms with Crippen LogP contribution in [0.25, 0.3) is 56.0 Å². The molecule has 2 aromatic heterocycles. The molecule has 0 amide bonds. The van der Waals surface area contributed by atoms with Crippen molar-refractivity contribution in [3.05, 3.63) is 229 Å². The number of imidazole rings is 2. The highest BCUT2D eigenvalue weighted by molar-refractivity contribution is 6.04. The standard InChI is InChI=1S/C56H42N8/c1-3-11-45(12-4-1)63-53(41-27-31-43(32-28-41)55-57-47-15-7-8-16-48(47)58-55)35-51(61-63)39-23-19-37(20-24-39)38-21-25-40(26-22-38)52-36-54(64(62-52)46-13-5-2-6-14-46)42-29-33-44(34-30-42)56-59-49-17-9-10-18-50(49)60-56/h1-34,53-54H,35-36H2,(H,57,58)(H,59,60). The van der Waals surface area contributed by atoms with E-state index in [-0.39, 0.29) is 12.1 Å². The van der Waals surface area contributed by atoms with Crippen molar-refractivity contribution in [2.24, 2.45) is 10.2 Å². The van der Waals surface area contributed by atoms with Crippen molar-refractivity contribution >= 4 is 44.9 Å². The molecule has 2 aliphatic heterocycles. The van der Waals surface area contributed by atoms with Gasteiger partial charge >= 0.3 is 0 Å². The fourth-order valence-electron chi connectivity index (χ4n) is 9.14. The number of aromatic nitrogens is 4. The number of nitrogens with zero attached hydrogens (tertiary/aromatic N) is 6. The van der Waals surface area contributed by atoms with Crippen molar-refractivity contribution in [2.45, 2.75) is 24.9 Å². The molecule has 0 fully saturated rings. The van der Waals surface area contributed by atoms with Crippen molar-refractivity contribution in [1.82, 2.24) is 19.9 Å². The highest BCUT2D eigenvalue weighted by Crippen LogP contribution is 2.40. The third kappa shape index (κ3) is 7.01. The Morgan fingerprint density at radius 1 is 0.344 bits per heavy atom. The highest BCUT2D eigenvalue weighted by Gasteiger charge is 2.31. The minimum absolute atomic E-state index is 0.0623. The van der Waals surface area contributed by atoms with Crippen LogP contribution in [0.3, 0.4) is 0 Å². The number of rotatable bonds is 9. The van der Waals surface area contributed by atoms with E-state index in [1.165, 1.54) is 11.1 Å². The predicted octanol–water partition coefficient (Wildman–Crippen LogP) is 13.2. The molecule has 0 saturated carbocycles. The summed E-state index contributed by atoms with van der Waals surface area (Å²) in [4.78, 5) is 16.6. The van der Waals surface area contributed by atoms with Crippen LogP contribution >= 0.6 is 0 Å². The first-order valence-electron chi connectivity index (χ1n) is 21.8. The Balaban J connectivity index is 0.770. The van der Waals surface area contributed by atoms with E-state index in [0.717, 1.165) is 103 Å². The van der Waals surface area contributed by atoms with Gasteiger partial charge in [-0.1, -0.05) is 158 Å². The lowest BCUT2D eigenvalue weighted by atomic mass is 9.95. The van der Waals surface area contributed by atoms with Gasteiger partial charge < -0.3 is 9.97 Å². The van der Waals surface area contributed by atoms with Crippen LogP contribution in [0.15, 0.2) is 216 Å². The minimum atomic E-state index is 0.0623. The molecular formula is C56H42N8. The zero-order valence-corrected chi connectivity index (χ0v) is 34.9. The maximum atomic E-state index is 5.25. The van der Waals surface area contributed by atoms with Gasteiger partial charge in [0.1, 0.15) is 11.6 Å². The minimum Gasteiger partial charge on any atom is -0.338 e. The van der Waals surface area contributed by atoms with Gasteiger partial charge in [0.25, 0.3) is 0 Å². The summed E-state index contributed by atoms with van der Waals surface area (Å²) in [5, 5.41) is 14.8. The Kier molecular flexibility index (Phi) is 9.26. The number of hydrogen-bond donors (Lipinski definition) is 2. The molecule has 4 heterocycles. The van der Waals surface area contributed by atoms with Gasteiger partial charge in [0.2, 0.25) is 0 Å². The van der Waals surface area contributed by atoms with Gasteiger partial charge in [0.05, 0.1) is 56.9 Å². The molecule has 12 rings (SSSR count). The lowest BCUT2D eigenvalue weighted by Crippen LogP contribution is -2.18. The highest BCUT2D eigenvalue weighted by atomic mass is 15.5. The molecule has 0 radical (unpaired) electrons. The van der Waals surface area contributed by atoms with E-state index in [9.17, 15) is 0 Å². The summed E-state index contributed by atoms with van der Waals surface area (Å²) in [5.41, 5.74) is 17.4. The van der Waals surface area contributed by atoms with Gasteiger partial charge in [0, 0.05) is 24.0 Å². The van der Waals surface area contributed by atoms with Crippen molar-refractivity contribution < 1.29 is 0 Å². The van der Waals surface area contributed by atoms with Crippen molar-refractivity contribution in [3.8, 4) is 33.9 Å². The number of hydrazone groups is 2. The van der Waals surface area contributed by atoms with Crippen LogP contribution < -0.4 is 10.0 Å². The maximum Gasteiger partial charge on any atom is 0.138 e. The summed E-state index contributed by atoms with van der Waals surface area (Å²) in [5.74, 6) is 1.75. The third-order valence-corrected chi connectivity index (χ3v) is 12.5. The van der Waals surface area contributed by atoms with E-state index in [1.807, 2.05) is 36.4 Å². The number of benzene rings is 8. The van der Waals surface area contributed by atoms with Crippen molar-refractivity contribution in [1.29, 1.82) is 0 Å². The number of anilines is 2. The number of H-pyrrole nitrogens is 2. The molecule has 8 aromatic carbocycles. The first kappa shape index (κ1) is 37.4. The first-order chi connectivity index (χ1) is 31.7. The van der Waals surface area contributed by atoms with E-state index in [2.05, 4.69) is 190 Å². The van der Waals surface area contributed by atoms with Crippen LogP contribution in [-0.2, 0) is 0 Å². The van der Waals surface area contributed by atoms with Gasteiger partial charge in [-0.3, -0.25) is 10.0 Å². The summed E-state index contributed by atoms with van der Waals surface area (Å²) in [6.07, 6.45) is 1.59. The Hall–Kier alpha value is -8.36. The van der Waals surface area contributed by atoms with Gasteiger partial charge in [-0.05, 0) is 81.9 Å². The molecule has 2 N–H and O–H groups in total. The fourth-order valence-corrected chi connectivity index (χ4v) is 9.14. The lowest BCUT2D eigenvalue weighted by molar-refractivity contribution is 0.709. The zero-order valence-electron chi connectivity index (χ0n) is 34.9. The number of para-hydroxylation sites is 6. The Morgan fingerprint density at radius 3 is 1.08 bits per heavy atom. The second kappa shape index (κ2) is 15.8. The summed E-state index contributed by atoms with van der Waals surface area (Å²) in [6, 6.07) is 72.5. The Morgan fingerprint density at radius 2 is 0.688 bits per heavy atom. The van der Waals surface area contributed by atoms with Gasteiger partial charge in [0.15, 0.2) is 0 Å². The number of aromatic amines is 2. The second-order valence-electron chi connectivity index (χ2n) is 16.5. The topological polar surface area (TPSA) is 88.6 Å². The van der Waals surface area contributed by atoms with E-state index in [0.29, 0.717) is 0 Å². The summed E-state index contributed by atoms with van der Waals surface area (Å²) < 4.78 is 0. The Bertz CT molecular complexity index is 3020. The van der Waals surface area contributed by atoms with Crippen LogP contribution in [0.2, 0.25) is 0 Å². The van der Waals surface area contributed by atoms with Gasteiger partial charge in [-0.2, -0.15) is 10.2 Å². The summed E-state index contributed by atoms with van der Waals surface area (Å²) in [7, 11) is 0. The molecule has 2 atom stereocenters. The largest absolute Gasteiger partial charge is 0.338 e. The molecule has 8 heteroatoms. The molecule has 10 aromatic rings. The average molecular weight is 827 g/mol. The van der Waals surface area contributed by atoms with Crippen LogP contribution in [0.1, 0.15) is 47.2 Å². The van der Waals surface area contributed by atoms with Crippen LogP contribution in [0, 0.1) is 0 Å². The molecule has 2 unspecified atom stereocenters. The zero-order chi connectivity index (χ0) is 42.4. The molecule has 0 aliphatic carbocycles. The SMILES string of the molecule is c1ccc(N2N=C(c3ccc(-c4ccc(C5=NN(c6ccccc6)C(c6ccc(-c7nc8ccccc8[nH]7)cc6)C5)cc4)cc3)CC2c2ccc(-c3nc4ccccc4[nH]3)cc2)cc1. The molecule has 306 valence electrons. The summed E-state index contributed by atoms with van der Waals surface area (Å²) in [6.45, 7) is 0. The monoisotopic (exact) mass is 826 g/mol. The van der Waals surface area contributed by atoms with Crippen LogP contribution in [-0.4, -0.2) is 31.4 Å². The molecule has 0 spiro atoms. The molecule has 64 heavy (non-hydrogen) atoms. The molecular weight excluding hydrogens is 785 g/mol. The maximum absolute atomic E-state index is 5.25. The predicted molar refractivity (Wildman–Crippen MR) is 261 cm³/mol. The van der Waals surface area contributed by atoms with Crippen LogP contribution in [0.5, 0.6) is 0 Å². The van der Waals surface area contributed by atoms with Crippen molar-refractivity contribution in [2.75, 3.05) is 10.0 Å². The van der Waals surface area contributed by atoms with Crippen LogP contribution in [0.4, 0.5) is 11.4 Å². The lowest BCUT2D eigenvalue weighted by Gasteiger charge is -2.24.